The zero-order valence-electron chi connectivity index (χ0n) is 8.85. The van der Waals surface area contributed by atoms with Gasteiger partial charge in [-0.05, 0) is 30.3 Å². The normalized spacial score (nSPS) is 10.9. The molecule has 4 heteroatoms. The molecule has 3 aromatic rings. The number of halogens is 1. The minimum absolute atomic E-state index is 0.291. The van der Waals surface area contributed by atoms with Crippen molar-refractivity contribution in [2.24, 2.45) is 0 Å². The molecular weight excluding hydrogens is 219 g/mol. The maximum Gasteiger partial charge on any atom is 0.137 e. The lowest BCUT2D eigenvalue weighted by atomic mass is 10.2. The third-order valence-corrected chi connectivity index (χ3v) is 2.58. The highest BCUT2D eigenvalue weighted by atomic mass is 19.1. The number of fused-ring (bicyclic) bond motifs is 1. The van der Waals surface area contributed by atoms with E-state index >= 15 is 0 Å². The summed E-state index contributed by atoms with van der Waals surface area (Å²) in [7, 11) is 0. The lowest BCUT2D eigenvalue weighted by Crippen LogP contribution is -1.88. The zero-order chi connectivity index (χ0) is 11.8. The summed E-state index contributed by atoms with van der Waals surface area (Å²) < 4.78 is 19.0. The van der Waals surface area contributed by atoms with E-state index in [-0.39, 0.29) is 5.82 Å². The number of nitrogens with two attached hydrogens (primary N) is 1. The molecule has 3 nitrogen and oxygen atoms in total. The summed E-state index contributed by atoms with van der Waals surface area (Å²) in [4.78, 5) is 3.97. The van der Waals surface area contributed by atoms with Crippen molar-refractivity contribution in [1.82, 2.24) is 4.98 Å². The first kappa shape index (κ1) is 9.84. The number of furan rings is 1. The van der Waals surface area contributed by atoms with Crippen LogP contribution in [0.1, 0.15) is 0 Å². The summed E-state index contributed by atoms with van der Waals surface area (Å²) in [5.41, 5.74) is 6.80. The average Bonchev–Trinajstić information content (AvgIpc) is 2.75. The van der Waals surface area contributed by atoms with E-state index < -0.39 is 0 Å². The second-order valence-electron chi connectivity index (χ2n) is 3.73. The molecule has 0 amide bonds. The number of hydrogen-bond acceptors (Lipinski definition) is 3. The van der Waals surface area contributed by atoms with Gasteiger partial charge in [-0.1, -0.05) is 6.07 Å². The molecule has 0 spiro atoms. The summed E-state index contributed by atoms with van der Waals surface area (Å²) in [6.07, 6.45) is 1.60. The Kier molecular flexibility index (Phi) is 2.08. The van der Waals surface area contributed by atoms with Crippen LogP contribution < -0.4 is 5.73 Å². The molecular formula is C13H9FN2O. The third kappa shape index (κ3) is 1.63. The van der Waals surface area contributed by atoms with Gasteiger partial charge in [0.1, 0.15) is 23.0 Å². The lowest BCUT2D eigenvalue weighted by Gasteiger charge is -1.95. The summed E-state index contributed by atoms with van der Waals surface area (Å²) in [5, 5.41) is 0.472. The van der Waals surface area contributed by atoms with Crippen molar-refractivity contribution < 1.29 is 8.81 Å². The molecule has 0 unspecified atom stereocenters. The van der Waals surface area contributed by atoms with Crippen molar-refractivity contribution in [3.8, 4) is 11.3 Å². The number of anilines is 1. The van der Waals surface area contributed by atoms with Crippen LogP contribution in [0.15, 0.2) is 47.0 Å². The van der Waals surface area contributed by atoms with Crippen LogP contribution >= 0.6 is 0 Å². The Labute approximate surface area is 96.7 Å². The molecule has 0 saturated carbocycles. The summed E-state index contributed by atoms with van der Waals surface area (Å²) in [5.74, 6) is 0.731. The van der Waals surface area contributed by atoms with Crippen molar-refractivity contribution in [2.75, 3.05) is 5.73 Å². The van der Waals surface area contributed by atoms with Crippen molar-refractivity contribution >= 4 is 16.8 Å². The van der Waals surface area contributed by atoms with Crippen LogP contribution in [0.4, 0.5) is 10.2 Å². The first-order valence-electron chi connectivity index (χ1n) is 5.14. The molecule has 0 aliphatic rings. The van der Waals surface area contributed by atoms with E-state index in [4.69, 9.17) is 10.2 Å². The molecule has 2 aromatic heterocycles. The van der Waals surface area contributed by atoms with E-state index in [0.717, 1.165) is 5.56 Å². The monoisotopic (exact) mass is 228 g/mol. The Morgan fingerprint density at radius 2 is 2.06 bits per heavy atom. The van der Waals surface area contributed by atoms with Gasteiger partial charge in [0.2, 0.25) is 0 Å². The molecule has 0 fully saturated rings. The van der Waals surface area contributed by atoms with Crippen molar-refractivity contribution in [3.63, 3.8) is 0 Å². The van der Waals surface area contributed by atoms with Crippen LogP contribution in [-0.2, 0) is 0 Å². The standard InChI is InChI=1S/C13H9FN2O/c14-10-2-1-3-11-9(10)6-12(17-11)8-4-5-13(15)16-7-8/h1-7H,(H2,15,16). The van der Waals surface area contributed by atoms with Crippen molar-refractivity contribution in [3.05, 3.63) is 48.4 Å². The van der Waals surface area contributed by atoms with Crippen LogP contribution in [0, 0.1) is 5.82 Å². The highest BCUT2D eigenvalue weighted by Crippen LogP contribution is 2.28. The fraction of sp³-hybridized carbons (Fsp3) is 0. The van der Waals surface area contributed by atoms with Crippen molar-refractivity contribution in [2.45, 2.75) is 0 Å². The van der Waals surface area contributed by atoms with Gasteiger partial charge in [0.05, 0.1) is 5.39 Å². The molecule has 2 heterocycles. The van der Waals surface area contributed by atoms with Gasteiger partial charge in [0.25, 0.3) is 0 Å². The molecule has 84 valence electrons. The van der Waals surface area contributed by atoms with Gasteiger partial charge >= 0.3 is 0 Å². The SMILES string of the molecule is Nc1ccc(-c2cc3c(F)cccc3o2)cn1. The molecule has 0 aliphatic heterocycles. The number of benzene rings is 1. The van der Waals surface area contributed by atoms with Crippen LogP contribution in [-0.4, -0.2) is 4.98 Å². The Morgan fingerprint density at radius 1 is 1.18 bits per heavy atom. The fourth-order valence-electron chi connectivity index (χ4n) is 1.72. The van der Waals surface area contributed by atoms with Gasteiger partial charge in [0, 0.05) is 11.8 Å². The highest BCUT2D eigenvalue weighted by molar-refractivity contribution is 5.83. The second kappa shape index (κ2) is 3.59. The predicted molar refractivity (Wildman–Crippen MR) is 63.8 cm³/mol. The largest absolute Gasteiger partial charge is 0.456 e. The molecule has 17 heavy (non-hydrogen) atoms. The fourth-order valence-corrected chi connectivity index (χ4v) is 1.72. The molecule has 0 atom stereocenters. The molecule has 0 bridgehead atoms. The number of pyridine rings is 1. The second-order valence-corrected chi connectivity index (χ2v) is 3.73. The number of nitrogen functional groups attached to an aromatic ring is 1. The topological polar surface area (TPSA) is 52.0 Å². The Morgan fingerprint density at radius 3 is 2.76 bits per heavy atom. The Bertz CT molecular complexity index is 673. The molecule has 0 saturated heterocycles. The van der Waals surface area contributed by atoms with Crippen molar-refractivity contribution in [1.29, 1.82) is 0 Å². The Hall–Kier alpha value is -2.36. The summed E-state index contributed by atoms with van der Waals surface area (Å²) >= 11 is 0. The van der Waals surface area contributed by atoms with Crippen LogP contribution in [0.5, 0.6) is 0 Å². The minimum Gasteiger partial charge on any atom is -0.456 e. The van der Waals surface area contributed by atoms with Gasteiger partial charge in [-0.25, -0.2) is 9.37 Å². The van der Waals surface area contributed by atoms with E-state index in [1.807, 2.05) is 0 Å². The molecule has 1 aromatic carbocycles. The van der Waals surface area contributed by atoms with E-state index in [0.29, 0.717) is 22.5 Å². The van der Waals surface area contributed by atoms with E-state index in [1.54, 1.807) is 36.5 Å². The highest BCUT2D eigenvalue weighted by Gasteiger charge is 2.09. The van der Waals surface area contributed by atoms with Gasteiger partial charge < -0.3 is 10.2 Å². The third-order valence-electron chi connectivity index (χ3n) is 2.58. The summed E-state index contributed by atoms with van der Waals surface area (Å²) in [6, 6.07) is 9.89. The molecule has 0 aliphatic carbocycles. The summed E-state index contributed by atoms with van der Waals surface area (Å²) in [6.45, 7) is 0. The first-order chi connectivity index (χ1) is 8.24. The van der Waals surface area contributed by atoms with Gasteiger partial charge in [-0.2, -0.15) is 0 Å². The van der Waals surface area contributed by atoms with Gasteiger partial charge in [-0.3, -0.25) is 0 Å². The molecule has 3 rings (SSSR count). The quantitative estimate of drug-likeness (QED) is 0.695. The van der Waals surface area contributed by atoms with Crippen LogP contribution in [0.3, 0.4) is 0 Å². The molecule has 2 N–H and O–H groups in total. The lowest BCUT2D eigenvalue weighted by molar-refractivity contribution is 0.622. The number of nitrogens with zero attached hydrogens (tertiary/aromatic N) is 1. The van der Waals surface area contributed by atoms with Gasteiger partial charge in [-0.15, -0.1) is 0 Å². The zero-order valence-corrected chi connectivity index (χ0v) is 8.85. The predicted octanol–water partition coefficient (Wildman–Crippen LogP) is 3.22. The maximum atomic E-state index is 13.5. The first-order valence-corrected chi connectivity index (χ1v) is 5.14. The van der Waals surface area contributed by atoms with Crippen LogP contribution in [0.25, 0.3) is 22.3 Å². The minimum atomic E-state index is -0.291. The number of rotatable bonds is 1. The maximum absolute atomic E-state index is 13.5. The van der Waals surface area contributed by atoms with E-state index in [1.165, 1.54) is 6.07 Å². The number of aromatic nitrogens is 1. The Balaban J connectivity index is 2.18. The molecule has 0 radical (unpaired) electrons. The number of hydrogen-bond donors (Lipinski definition) is 1. The van der Waals surface area contributed by atoms with Gasteiger partial charge in [0.15, 0.2) is 0 Å². The van der Waals surface area contributed by atoms with E-state index in [9.17, 15) is 4.39 Å². The smallest absolute Gasteiger partial charge is 0.137 e. The van der Waals surface area contributed by atoms with E-state index in [2.05, 4.69) is 4.98 Å². The van der Waals surface area contributed by atoms with Crippen LogP contribution in [0.2, 0.25) is 0 Å². The average molecular weight is 228 g/mol.